The van der Waals surface area contributed by atoms with Crippen molar-refractivity contribution < 1.29 is 9.53 Å². The van der Waals surface area contributed by atoms with Crippen molar-refractivity contribution in [2.75, 3.05) is 11.4 Å². The van der Waals surface area contributed by atoms with Crippen molar-refractivity contribution in [2.24, 2.45) is 0 Å². The van der Waals surface area contributed by atoms with Crippen molar-refractivity contribution in [2.45, 2.75) is 52.6 Å². The van der Waals surface area contributed by atoms with Crippen molar-refractivity contribution in [1.82, 2.24) is 4.98 Å². The molecule has 0 saturated carbocycles. The Labute approximate surface area is 149 Å². The Morgan fingerprint density at radius 3 is 2.60 bits per heavy atom. The SMILES string of the molecule is CC(C)Oc1ccc(C(=O)N2CCCc3cc(C(C)C)ccc32)cn1. The summed E-state index contributed by atoms with van der Waals surface area (Å²) in [7, 11) is 0. The Bertz CT molecular complexity index is 751. The summed E-state index contributed by atoms with van der Waals surface area (Å²) in [6.45, 7) is 9.05. The zero-order chi connectivity index (χ0) is 18.0. The molecule has 0 N–H and O–H groups in total. The molecule has 0 atom stereocenters. The molecule has 1 aliphatic heterocycles. The molecule has 3 rings (SSSR count). The molecule has 4 nitrogen and oxygen atoms in total. The Morgan fingerprint density at radius 1 is 1.16 bits per heavy atom. The van der Waals surface area contributed by atoms with E-state index >= 15 is 0 Å². The van der Waals surface area contributed by atoms with Crippen LogP contribution in [0.1, 0.15) is 61.5 Å². The first-order valence-corrected chi connectivity index (χ1v) is 9.03. The van der Waals surface area contributed by atoms with E-state index < -0.39 is 0 Å². The number of benzene rings is 1. The molecule has 1 amide bonds. The predicted octanol–water partition coefficient (Wildman–Crippen LogP) is 4.59. The summed E-state index contributed by atoms with van der Waals surface area (Å²) in [5, 5.41) is 0. The molecule has 0 aliphatic carbocycles. The summed E-state index contributed by atoms with van der Waals surface area (Å²) in [5.41, 5.74) is 4.21. The second-order valence-electron chi connectivity index (χ2n) is 7.15. The number of aryl methyl sites for hydroxylation is 1. The van der Waals surface area contributed by atoms with Crippen LogP contribution in [0.4, 0.5) is 5.69 Å². The van der Waals surface area contributed by atoms with E-state index in [4.69, 9.17) is 4.74 Å². The molecule has 2 heterocycles. The van der Waals surface area contributed by atoms with Crippen molar-refractivity contribution in [3.63, 3.8) is 0 Å². The minimum absolute atomic E-state index is 0.00171. The number of rotatable bonds is 4. The highest BCUT2D eigenvalue weighted by atomic mass is 16.5. The van der Waals surface area contributed by atoms with Crippen LogP contribution in [-0.4, -0.2) is 23.5 Å². The standard InChI is InChI=1S/C21H26N2O2/c1-14(2)16-7-9-19-17(12-16)6-5-11-23(19)21(24)18-8-10-20(22-13-18)25-15(3)4/h7-10,12-15H,5-6,11H2,1-4H3. The number of aromatic nitrogens is 1. The molecule has 0 saturated heterocycles. The summed E-state index contributed by atoms with van der Waals surface area (Å²) in [5.74, 6) is 1.04. The summed E-state index contributed by atoms with van der Waals surface area (Å²) in [6, 6.07) is 10.0. The Hall–Kier alpha value is -2.36. The summed E-state index contributed by atoms with van der Waals surface area (Å²) < 4.78 is 5.55. The zero-order valence-corrected chi connectivity index (χ0v) is 15.5. The van der Waals surface area contributed by atoms with E-state index in [1.54, 1.807) is 18.3 Å². The molecule has 1 aromatic heterocycles. The van der Waals surface area contributed by atoms with Crippen molar-refractivity contribution >= 4 is 11.6 Å². The van der Waals surface area contributed by atoms with Crippen LogP contribution in [0, 0.1) is 0 Å². The van der Waals surface area contributed by atoms with Crippen LogP contribution >= 0.6 is 0 Å². The first-order valence-electron chi connectivity index (χ1n) is 9.03. The third-order valence-electron chi connectivity index (χ3n) is 4.47. The maximum absolute atomic E-state index is 13.0. The average molecular weight is 338 g/mol. The maximum atomic E-state index is 13.0. The Kier molecular flexibility index (Phi) is 5.07. The number of hydrogen-bond donors (Lipinski definition) is 0. The zero-order valence-electron chi connectivity index (χ0n) is 15.5. The van der Waals surface area contributed by atoms with Crippen LogP contribution in [0.15, 0.2) is 36.5 Å². The second-order valence-corrected chi connectivity index (χ2v) is 7.15. The first-order chi connectivity index (χ1) is 12.0. The lowest BCUT2D eigenvalue weighted by Gasteiger charge is -2.30. The van der Waals surface area contributed by atoms with Crippen LogP contribution in [0.25, 0.3) is 0 Å². The van der Waals surface area contributed by atoms with Crippen molar-refractivity contribution in [1.29, 1.82) is 0 Å². The largest absolute Gasteiger partial charge is 0.475 e. The lowest BCUT2D eigenvalue weighted by Crippen LogP contribution is -2.35. The van der Waals surface area contributed by atoms with Crippen molar-refractivity contribution in [3.05, 3.63) is 53.2 Å². The molecule has 0 bridgehead atoms. The summed E-state index contributed by atoms with van der Waals surface area (Å²) >= 11 is 0. The van der Waals surface area contributed by atoms with Crippen LogP contribution in [-0.2, 0) is 6.42 Å². The number of fused-ring (bicyclic) bond motifs is 1. The molecule has 1 aliphatic rings. The highest BCUT2D eigenvalue weighted by Gasteiger charge is 2.24. The van der Waals surface area contributed by atoms with Gasteiger partial charge in [0.1, 0.15) is 0 Å². The maximum Gasteiger partial charge on any atom is 0.259 e. The van der Waals surface area contributed by atoms with Gasteiger partial charge in [-0.2, -0.15) is 0 Å². The molecule has 1 aromatic carbocycles. The van der Waals surface area contributed by atoms with Crippen LogP contribution in [0.2, 0.25) is 0 Å². The molecular weight excluding hydrogens is 312 g/mol. The van der Waals surface area contributed by atoms with Crippen LogP contribution in [0.5, 0.6) is 5.88 Å². The van der Waals surface area contributed by atoms with Gasteiger partial charge in [-0.3, -0.25) is 4.79 Å². The predicted molar refractivity (Wildman–Crippen MR) is 101 cm³/mol. The minimum atomic E-state index is 0.00171. The lowest BCUT2D eigenvalue weighted by atomic mass is 9.94. The molecule has 0 unspecified atom stereocenters. The molecule has 0 fully saturated rings. The van der Waals surface area contributed by atoms with E-state index in [0.29, 0.717) is 17.4 Å². The third kappa shape index (κ3) is 3.84. The number of nitrogens with zero attached hydrogens (tertiary/aromatic N) is 2. The summed E-state index contributed by atoms with van der Waals surface area (Å²) in [4.78, 5) is 19.1. The van der Waals surface area contributed by atoms with E-state index in [9.17, 15) is 4.79 Å². The van der Waals surface area contributed by atoms with E-state index in [0.717, 1.165) is 25.1 Å². The monoisotopic (exact) mass is 338 g/mol. The molecule has 4 heteroatoms. The summed E-state index contributed by atoms with van der Waals surface area (Å²) in [6.07, 6.45) is 3.69. The molecule has 0 spiro atoms. The van der Waals surface area contributed by atoms with Gasteiger partial charge in [0.2, 0.25) is 5.88 Å². The van der Waals surface area contributed by atoms with Crippen LogP contribution in [0.3, 0.4) is 0 Å². The average Bonchev–Trinajstić information content (AvgIpc) is 2.60. The number of anilines is 1. The third-order valence-corrected chi connectivity index (χ3v) is 4.47. The van der Waals surface area contributed by atoms with Gasteiger partial charge in [-0.25, -0.2) is 4.98 Å². The molecule has 2 aromatic rings. The number of carbonyl (C=O) groups is 1. The van der Waals surface area contributed by atoms with E-state index in [2.05, 4.69) is 37.0 Å². The fraction of sp³-hybridized carbons (Fsp3) is 0.429. The van der Waals surface area contributed by atoms with E-state index in [1.165, 1.54) is 11.1 Å². The lowest BCUT2D eigenvalue weighted by molar-refractivity contribution is 0.0984. The van der Waals surface area contributed by atoms with Gasteiger partial charge in [0.05, 0.1) is 11.7 Å². The van der Waals surface area contributed by atoms with Crippen LogP contribution < -0.4 is 9.64 Å². The van der Waals surface area contributed by atoms with Crippen molar-refractivity contribution in [3.8, 4) is 5.88 Å². The quantitative estimate of drug-likeness (QED) is 0.819. The first kappa shape index (κ1) is 17.5. The van der Waals surface area contributed by atoms with Gasteiger partial charge in [-0.1, -0.05) is 26.0 Å². The number of amides is 1. The fourth-order valence-corrected chi connectivity index (χ4v) is 3.16. The van der Waals surface area contributed by atoms with Gasteiger partial charge in [0, 0.05) is 24.5 Å². The smallest absolute Gasteiger partial charge is 0.259 e. The van der Waals surface area contributed by atoms with Gasteiger partial charge in [0.25, 0.3) is 5.91 Å². The number of hydrogen-bond acceptors (Lipinski definition) is 3. The van der Waals surface area contributed by atoms with E-state index in [-0.39, 0.29) is 12.0 Å². The normalized spacial score (nSPS) is 13.9. The Morgan fingerprint density at radius 2 is 1.96 bits per heavy atom. The number of ether oxygens (including phenoxy) is 1. The molecular formula is C21H26N2O2. The highest BCUT2D eigenvalue weighted by molar-refractivity contribution is 6.06. The van der Waals surface area contributed by atoms with Gasteiger partial charge < -0.3 is 9.64 Å². The molecule has 25 heavy (non-hydrogen) atoms. The fourth-order valence-electron chi connectivity index (χ4n) is 3.16. The van der Waals surface area contributed by atoms with Gasteiger partial charge in [0.15, 0.2) is 0 Å². The van der Waals surface area contributed by atoms with Gasteiger partial charge in [-0.05, 0) is 55.9 Å². The minimum Gasteiger partial charge on any atom is -0.475 e. The number of pyridine rings is 1. The number of carbonyl (C=O) groups excluding carboxylic acids is 1. The Balaban J connectivity index is 1.84. The molecule has 132 valence electrons. The molecule has 0 radical (unpaired) electrons. The second kappa shape index (κ2) is 7.26. The van der Waals surface area contributed by atoms with Gasteiger partial charge in [-0.15, -0.1) is 0 Å². The van der Waals surface area contributed by atoms with E-state index in [1.807, 2.05) is 18.7 Å². The van der Waals surface area contributed by atoms with Gasteiger partial charge >= 0.3 is 0 Å². The topological polar surface area (TPSA) is 42.4 Å². The highest BCUT2D eigenvalue weighted by Crippen LogP contribution is 2.31.